The molecule has 0 aliphatic carbocycles. The number of para-hydroxylation sites is 1. The van der Waals surface area contributed by atoms with Gasteiger partial charge in [-0.15, -0.1) is 0 Å². The quantitative estimate of drug-likeness (QED) is 0.442. The lowest BCUT2D eigenvalue weighted by molar-refractivity contribution is 0.407. The second-order valence-electron chi connectivity index (χ2n) is 7.63. The van der Waals surface area contributed by atoms with E-state index in [2.05, 4.69) is 23.9 Å². The Morgan fingerprint density at radius 1 is 1.10 bits per heavy atom. The number of rotatable bonds is 5. The monoisotopic (exact) mass is 412 g/mol. The maximum absolute atomic E-state index is 13.4. The van der Waals surface area contributed by atoms with E-state index in [0.29, 0.717) is 22.4 Å². The highest BCUT2D eigenvalue weighted by atomic mass is 16.5. The summed E-state index contributed by atoms with van der Waals surface area (Å²) in [6.45, 7) is 6.20. The van der Waals surface area contributed by atoms with Crippen LogP contribution in [0.15, 0.2) is 70.7 Å². The van der Waals surface area contributed by atoms with E-state index >= 15 is 0 Å². The first-order valence-corrected chi connectivity index (χ1v) is 10.2. The summed E-state index contributed by atoms with van der Waals surface area (Å²) in [5, 5.41) is 5.00. The molecule has 2 aromatic carbocycles. The molecule has 0 N–H and O–H groups in total. The second-order valence-corrected chi connectivity index (χ2v) is 7.63. The molecule has 4 rings (SSSR count). The van der Waals surface area contributed by atoms with E-state index in [0.717, 1.165) is 22.4 Å². The Hall–Kier alpha value is -3.80. The fourth-order valence-electron chi connectivity index (χ4n) is 3.54. The van der Waals surface area contributed by atoms with E-state index < -0.39 is 0 Å². The number of hydrogen-bond donors (Lipinski definition) is 0. The molecule has 31 heavy (non-hydrogen) atoms. The number of nitrogens with zero attached hydrogens (tertiary/aromatic N) is 4. The molecule has 2 heterocycles. The van der Waals surface area contributed by atoms with Crippen LogP contribution in [-0.4, -0.2) is 28.0 Å². The predicted molar refractivity (Wildman–Crippen MR) is 124 cm³/mol. The summed E-state index contributed by atoms with van der Waals surface area (Å²) in [7, 11) is 1.67. The predicted octanol–water partition coefficient (Wildman–Crippen LogP) is 4.78. The van der Waals surface area contributed by atoms with Crippen LogP contribution in [0.4, 0.5) is 0 Å². The van der Waals surface area contributed by atoms with Crippen molar-refractivity contribution in [3.05, 3.63) is 88.0 Å². The van der Waals surface area contributed by atoms with E-state index in [1.165, 1.54) is 4.68 Å². The first kappa shape index (κ1) is 20.5. The highest BCUT2D eigenvalue weighted by molar-refractivity contribution is 5.81. The van der Waals surface area contributed by atoms with Gasteiger partial charge in [0, 0.05) is 11.8 Å². The molecule has 0 fully saturated rings. The Kier molecular flexibility index (Phi) is 5.62. The van der Waals surface area contributed by atoms with Gasteiger partial charge in [-0.25, -0.2) is 4.98 Å². The third kappa shape index (κ3) is 3.97. The van der Waals surface area contributed by atoms with Crippen molar-refractivity contribution in [2.24, 2.45) is 5.10 Å². The molecule has 0 unspecified atom stereocenters. The summed E-state index contributed by atoms with van der Waals surface area (Å²) >= 11 is 0. The number of aromatic nitrogens is 3. The molecule has 0 radical (unpaired) electrons. The van der Waals surface area contributed by atoms with Gasteiger partial charge in [-0.1, -0.05) is 32.0 Å². The Morgan fingerprint density at radius 3 is 2.58 bits per heavy atom. The fraction of sp³-hybridized carbons (Fsp3) is 0.200. The maximum atomic E-state index is 13.4. The average molecular weight is 412 g/mol. The van der Waals surface area contributed by atoms with Gasteiger partial charge in [0.2, 0.25) is 0 Å². The summed E-state index contributed by atoms with van der Waals surface area (Å²) in [6.07, 6.45) is 3.26. The molecule has 6 heteroatoms. The van der Waals surface area contributed by atoms with Gasteiger partial charge >= 0.3 is 0 Å². The Labute approximate surface area is 180 Å². The number of benzene rings is 2. The smallest absolute Gasteiger partial charge is 0.282 e. The first-order valence-electron chi connectivity index (χ1n) is 10.2. The number of ether oxygens (including phenoxy) is 1. The van der Waals surface area contributed by atoms with Crippen LogP contribution in [0.1, 0.15) is 36.6 Å². The van der Waals surface area contributed by atoms with Crippen molar-refractivity contribution < 1.29 is 4.74 Å². The SMILES string of the molecule is COc1cc(C)c(-c2nc3ccccc3c(=O)n2N=Cc2ccccn2)cc1C(C)C. The molecule has 0 saturated heterocycles. The van der Waals surface area contributed by atoms with Crippen molar-refractivity contribution in [2.75, 3.05) is 7.11 Å². The van der Waals surface area contributed by atoms with Crippen LogP contribution >= 0.6 is 0 Å². The van der Waals surface area contributed by atoms with Gasteiger partial charge < -0.3 is 4.74 Å². The van der Waals surface area contributed by atoms with Crippen molar-refractivity contribution in [3.8, 4) is 17.1 Å². The van der Waals surface area contributed by atoms with E-state index in [-0.39, 0.29) is 11.5 Å². The van der Waals surface area contributed by atoms with Crippen LogP contribution in [-0.2, 0) is 0 Å². The van der Waals surface area contributed by atoms with E-state index in [9.17, 15) is 4.79 Å². The van der Waals surface area contributed by atoms with Gasteiger partial charge in [0.05, 0.1) is 29.9 Å². The molecule has 0 aliphatic rings. The number of pyridine rings is 1. The van der Waals surface area contributed by atoms with Crippen LogP contribution in [0.25, 0.3) is 22.3 Å². The zero-order chi connectivity index (χ0) is 22.0. The van der Waals surface area contributed by atoms with Crippen LogP contribution in [0.3, 0.4) is 0 Å². The normalized spacial score (nSPS) is 11.5. The highest BCUT2D eigenvalue weighted by Crippen LogP contribution is 2.34. The molecule has 0 atom stereocenters. The standard InChI is InChI=1S/C25H24N4O2/c1-16(2)20-14-21(17(3)13-23(20)31-4)24-28-22-11-6-5-10-19(22)25(30)29(24)27-15-18-9-7-8-12-26-18/h5-16H,1-4H3. The van der Waals surface area contributed by atoms with Crippen LogP contribution in [0, 0.1) is 6.92 Å². The Bertz CT molecular complexity index is 1320. The fourth-order valence-corrected chi connectivity index (χ4v) is 3.54. The van der Waals surface area contributed by atoms with Crippen molar-refractivity contribution in [3.63, 3.8) is 0 Å². The van der Waals surface area contributed by atoms with Crippen LogP contribution in [0.5, 0.6) is 5.75 Å². The molecule has 0 bridgehead atoms. The molecule has 4 aromatic rings. The number of methoxy groups -OCH3 is 1. The minimum atomic E-state index is -0.228. The topological polar surface area (TPSA) is 69.4 Å². The van der Waals surface area contributed by atoms with Crippen molar-refractivity contribution in [1.82, 2.24) is 14.6 Å². The molecular weight excluding hydrogens is 388 g/mol. The van der Waals surface area contributed by atoms with Gasteiger partial charge in [0.1, 0.15) is 5.75 Å². The summed E-state index contributed by atoms with van der Waals surface area (Å²) in [4.78, 5) is 22.4. The summed E-state index contributed by atoms with van der Waals surface area (Å²) in [6, 6.07) is 16.9. The molecule has 0 spiro atoms. The number of aryl methyl sites for hydroxylation is 1. The van der Waals surface area contributed by atoms with Crippen molar-refractivity contribution >= 4 is 17.1 Å². The van der Waals surface area contributed by atoms with Crippen molar-refractivity contribution in [1.29, 1.82) is 0 Å². The minimum Gasteiger partial charge on any atom is -0.496 e. The lowest BCUT2D eigenvalue weighted by Gasteiger charge is -2.17. The van der Waals surface area contributed by atoms with Crippen LogP contribution in [0.2, 0.25) is 0 Å². The van der Waals surface area contributed by atoms with Gasteiger partial charge in [-0.05, 0) is 60.4 Å². The van der Waals surface area contributed by atoms with Gasteiger partial charge in [-0.2, -0.15) is 9.78 Å². The molecule has 2 aromatic heterocycles. The molecule has 156 valence electrons. The number of fused-ring (bicyclic) bond motifs is 1. The van der Waals surface area contributed by atoms with E-state index in [1.54, 1.807) is 25.6 Å². The molecule has 0 saturated carbocycles. The van der Waals surface area contributed by atoms with Gasteiger partial charge in [0.15, 0.2) is 5.82 Å². The van der Waals surface area contributed by atoms with Gasteiger partial charge in [-0.3, -0.25) is 9.78 Å². The number of hydrogen-bond acceptors (Lipinski definition) is 5. The maximum Gasteiger partial charge on any atom is 0.282 e. The summed E-state index contributed by atoms with van der Waals surface area (Å²) in [5.41, 5.74) is 3.89. The third-order valence-corrected chi connectivity index (χ3v) is 5.19. The lowest BCUT2D eigenvalue weighted by Crippen LogP contribution is -2.21. The summed E-state index contributed by atoms with van der Waals surface area (Å²) in [5.74, 6) is 1.55. The average Bonchev–Trinajstić information content (AvgIpc) is 2.78. The highest BCUT2D eigenvalue weighted by Gasteiger charge is 2.18. The molecule has 0 amide bonds. The molecule has 0 aliphatic heterocycles. The Balaban J connectivity index is 2.00. The summed E-state index contributed by atoms with van der Waals surface area (Å²) < 4.78 is 6.94. The van der Waals surface area contributed by atoms with Gasteiger partial charge in [0.25, 0.3) is 5.56 Å². The molecular formula is C25H24N4O2. The van der Waals surface area contributed by atoms with Crippen LogP contribution < -0.4 is 10.3 Å². The molecule has 6 nitrogen and oxygen atoms in total. The second kappa shape index (κ2) is 8.52. The first-order chi connectivity index (χ1) is 15.0. The largest absolute Gasteiger partial charge is 0.496 e. The minimum absolute atomic E-state index is 0.228. The zero-order valence-electron chi connectivity index (χ0n) is 18.0. The van der Waals surface area contributed by atoms with E-state index in [1.807, 2.05) is 55.5 Å². The lowest BCUT2D eigenvalue weighted by atomic mass is 9.96. The Morgan fingerprint density at radius 2 is 1.87 bits per heavy atom. The van der Waals surface area contributed by atoms with Crippen molar-refractivity contribution in [2.45, 2.75) is 26.7 Å². The third-order valence-electron chi connectivity index (χ3n) is 5.19. The van der Waals surface area contributed by atoms with E-state index in [4.69, 9.17) is 9.72 Å². The zero-order valence-corrected chi connectivity index (χ0v) is 18.0.